The molecule has 9 heavy (non-hydrogen) atoms. The summed E-state index contributed by atoms with van der Waals surface area (Å²) in [5, 5.41) is 25.0. The third-order valence-electron chi connectivity index (χ3n) is 1.05. The van der Waals surface area contributed by atoms with Crippen LogP contribution in [0.3, 0.4) is 0 Å². The van der Waals surface area contributed by atoms with Gasteiger partial charge in [0.1, 0.15) is 0 Å². The minimum Gasteiger partial charge on any atom is -1.00 e. The summed E-state index contributed by atoms with van der Waals surface area (Å²) in [6.45, 7) is -0.0556. The Kier molecular flexibility index (Phi) is 12.4. The molecule has 0 aromatic carbocycles. The molecule has 3 N–H and O–H groups in total. The van der Waals surface area contributed by atoms with E-state index >= 15 is 0 Å². The minimum absolute atomic E-state index is 0. The van der Waals surface area contributed by atoms with Crippen LogP contribution >= 0.6 is 0 Å². The van der Waals surface area contributed by atoms with Crippen molar-refractivity contribution in [2.24, 2.45) is 5.92 Å². The fourth-order valence-corrected chi connectivity index (χ4v) is 0.423. The van der Waals surface area contributed by atoms with Gasteiger partial charge in [-0.1, -0.05) is 0 Å². The van der Waals surface area contributed by atoms with Gasteiger partial charge in [-0.25, -0.2) is 0 Å². The number of aliphatic hydroxyl groups is 3. The van der Waals surface area contributed by atoms with Crippen LogP contribution < -0.4 is 29.6 Å². The summed E-state index contributed by atoms with van der Waals surface area (Å²) in [6, 6.07) is 0. The quantitative estimate of drug-likeness (QED) is 0.353. The molecule has 0 amide bonds. The second-order valence-corrected chi connectivity index (χ2v) is 1.74. The van der Waals surface area contributed by atoms with Crippen LogP contribution in [0.5, 0.6) is 0 Å². The molecule has 0 unspecified atom stereocenters. The molecule has 0 heterocycles. The van der Waals surface area contributed by atoms with Crippen molar-refractivity contribution in [1.82, 2.24) is 0 Å². The topological polar surface area (TPSA) is 60.7 Å². The van der Waals surface area contributed by atoms with E-state index in [4.69, 9.17) is 15.3 Å². The Morgan fingerprint density at radius 2 is 1.56 bits per heavy atom. The Bertz CT molecular complexity index is 52.2. The van der Waals surface area contributed by atoms with Crippen molar-refractivity contribution in [2.45, 2.75) is 6.42 Å². The Hall–Kier alpha value is 0.880. The maximum Gasteiger partial charge on any atom is 1.00 e. The summed E-state index contributed by atoms with van der Waals surface area (Å²) >= 11 is 0. The number of hydrogen-bond donors (Lipinski definition) is 3. The molecule has 0 atom stereocenters. The smallest absolute Gasteiger partial charge is 1.00 e. The van der Waals surface area contributed by atoms with E-state index < -0.39 is 0 Å². The van der Waals surface area contributed by atoms with Gasteiger partial charge in [-0.3, -0.25) is 0 Å². The standard InChI is InChI=1S/C5H12O3.Na.H/c6-2-1-5(3-7)4-8;;/h5-8H,1-4H2;;/q;+1;-1. The Labute approximate surface area is 78.5 Å². The van der Waals surface area contributed by atoms with E-state index in [2.05, 4.69) is 0 Å². The zero-order chi connectivity index (χ0) is 6.41. The van der Waals surface area contributed by atoms with Gasteiger partial charge < -0.3 is 16.7 Å². The monoisotopic (exact) mass is 144 g/mol. The average molecular weight is 144 g/mol. The second-order valence-electron chi connectivity index (χ2n) is 1.74. The molecule has 0 radical (unpaired) electrons. The van der Waals surface area contributed by atoms with Crippen LogP contribution in [0, 0.1) is 5.92 Å². The van der Waals surface area contributed by atoms with Crippen LogP contribution in [0.4, 0.5) is 0 Å². The molecule has 0 saturated carbocycles. The summed E-state index contributed by atoms with van der Waals surface area (Å²) in [7, 11) is 0. The first-order chi connectivity index (χ1) is 3.85. The van der Waals surface area contributed by atoms with Crippen LogP contribution in [-0.4, -0.2) is 35.1 Å². The van der Waals surface area contributed by atoms with E-state index in [0.29, 0.717) is 6.42 Å². The zero-order valence-corrected chi connectivity index (χ0v) is 7.75. The van der Waals surface area contributed by atoms with Gasteiger partial charge in [0.05, 0.1) is 0 Å². The SMILES string of the molecule is OCCC(CO)CO.[H-].[Na+]. The molecule has 0 saturated heterocycles. The molecule has 0 aliphatic heterocycles. The summed E-state index contributed by atoms with van der Waals surface area (Å²) in [5.74, 6) is -0.139. The molecule has 3 nitrogen and oxygen atoms in total. The van der Waals surface area contributed by atoms with Gasteiger partial charge in [-0.05, 0) is 6.42 Å². The first-order valence-corrected chi connectivity index (χ1v) is 2.67. The van der Waals surface area contributed by atoms with E-state index in [9.17, 15) is 0 Å². The Morgan fingerprint density at radius 3 is 1.67 bits per heavy atom. The molecular formula is C5H13NaO3. The second kappa shape index (κ2) is 8.88. The van der Waals surface area contributed by atoms with Gasteiger partial charge >= 0.3 is 29.6 Å². The first-order valence-electron chi connectivity index (χ1n) is 2.67. The van der Waals surface area contributed by atoms with Crippen molar-refractivity contribution in [3.8, 4) is 0 Å². The van der Waals surface area contributed by atoms with Crippen LogP contribution in [0.2, 0.25) is 0 Å². The van der Waals surface area contributed by atoms with Gasteiger partial charge in [0.15, 0.2) is 0 Å². The summed E-state index contributed by atoms with van der Waals surface area (Å²) in [6.07, 6.45) is 0.479. The van der Waals surface area contributed by atoms with Crippen molar-refractivity contribution >= 4 is 0 Å². The van der Waals surface area contributed by atoms with Gasteiger partial charge in [0.25, 0.3) is 0 Å². The zero-order valence-electron chi connectivity index (χ0n) is 6.75. The largest absolute Gasteiger partial charge is 1.00 e. The third-order valence-corrected chi connectivity index (χ3v) is 1.05. The normalized spacial score (nSPS) is 9.33. The van der Waals surface area contributed by atoms with Crippen molar-refractivity contribution in [3.63, 3.8) is 0 Å². The van der Waals surface area contributed by atoms with E-state index in [-0.39, 0.29) is 56.7 Å². The first kappa shape index (κ1) is 12.5. The maximum absolute atomic E-state index is 8.39. The molecule has 0 bridgehead atoms. The van der Waals surface area contributed by atoms with Crippen molar-refractivity contribution in [3.05, 3.63) is 0 Å². The van der Waals surface area contributed by atoms with Gasteiger partial charge in [0, 0.05) is 25.7 Å². The predicted molar refractivity (Wildman–Crippen MR) is 30.5 cm³/mol. The van der Waals surface area contributed by atoms with Gasteiger partial charge in [-0.15, -0.1) is 0 Å². The molecule has 0 aromatic rings. The number of hydrogen-bond acceptors (Lipinski definition) is 3. The van der Waals surface area contributed by atoms with Crippen LogP contribution in [0.15, 0.2) is 0 Å². The Balaban J connectivity index is -0.000000245. The van der Waals surface area contributed by atoms with E-state index in [1.807, 2.05) is 0 Å². The molecule has 0 spiro atoms. The average Bonchev–Trinajstić information content (AvgIpc) is 1.83. The summed E-state index contributed by atoms with van der Waals surface area (Å²) in [5.41, 5.74) is 0. The molecule has 0 aliphatic rings. The minimum atomic E-state index is -0.139. The number of rotatable bonds is 4. The van der Waals surface area contributed by atoms with Crippen LogP contribution in [0.1, 0.15) is 7.85 Å². The molecular weight excluding hydrogens is 131 g/mol. The maximum atomic E-state index is 8.39. The van der Waals surface area contributed by atoms with Crippen molar-refractivity contribution in [2.75, 3.05) is 19.8 Å². The predicted octanol–water partition coefficient (Wildman–Crippen LogP) is -3.91. The fourth-order valence-electron chi connectivity index (χ4n) is 0.423. The van der Waals surface area contributed by atoms with E-state index in [0.717, 1.165) is 0 Å². The van der Waals surface area contributed by atoms with Crippen molar-refractivity contribution < 1.29 is 46.3 Å². The molecule has 0 rings (SSSR count). The van der Waals surface area contributed by atoms with Gasteiger partial charge in [0.2, 0.25) is 0 Å². The number of aliphatic hydroxyl groups excluding tert-OH is 3. The third kappa shape index (κ3) is 6.77. The van der Waals surface area contributed by atoms with Crippen LogP contribution in [-0.2, 0) is 0 Å². The van der Waals surface area contributed by atoms with E-state index in [1.165, 1.54) is 0 Å². The molecule has 0 fully saturated rings. The fraction of sp³-hybridized carbons (Fsp3) is 1.00. The molecule has 52 valence electrons. The van der Waals surface area contributed by atoms with Crippen molar-refractivity contribution in [1.29, 1.82) is 0 Å². The summed E-state index contributed by atoms with van der Waals surface area (Å²) in [4.78, 5) is 0. The molecule has 4 heteroatoms. The van der Waals surface area contributed by atoms with Crippen LogP contribution in [0.25, 0.3) is 0 Å². The van der Waals surface area contributed by atoms with Gasteiger partial charge in [-0.2, -0.15) is 0 Å². The molecule has 0 aliphatic carbocycles. The summed E-state index contributed by atoms with van der Waals surface area (Å²) < 4.78 is 0. The van der Waals surface area contributed by atoms with E-state index in [1.54, 1.807) is 0 Å². The Morgan fingerprint density at radius 1 is 1.11 bits per heavy atom. The molecule has 0 aromatic heterocycles.